The number of aliphatic hydroxyl groups is 1. The zero-order chi connectivity index (χ0) is 77.1. The van der Waals surface area contributed by atoms with Crippen LogP contribution in [0.3, 0.4) is 0 Å². The molecule has 2 unspecified atom stereocenters. The minimum atomic E-state index is -4.97. The SMILES string of the molecule is CCCCCC/C=C\C=C/CCCCCCCC(=O)O[C@H](COC(=O)CCCCCCCCC(C)C)COP(=O)(O)OC[C@H](O)COP(=O)(O)OC[C@@H](COC(=O)CCCCCCCCCCCCCCCCCCCCCC)OC(=O)CCCCCCCCCCCCCCCCCCCCC(C)C. The normalized spacial score (nSPS) is 14.0. The molecular weight excluding hydrogens is 1370 g/mol. The average Bonchev–Trinajstić information content (AvgIpc) is 0.964. The molecule has 0 aliphatic rings. The fourth-order valence-corrected chi connectivity index (χ4v) is 14.5. The van der Waals surface area contributed by atoms with E-state index in [1.54, 1.807) is 0 Å². The minimum Gasteiger partial charge on any atom is -0.462 e. The van der Waals surface area contributed by atoms with E-state index >= 15 is 0 Å². The monoisotopic (exact) mass is 1530 g/mol. The lowest BCUT2D eigenvalue weighted by Crippen LogP contribution is -2.30. The molecule has 3 N–H and O–H groups in total. The number of allylic oxidation sites excluding steroid dienone is 4. The summed E-state index contributed by atoms with van der Waals surface area (Å²) in [4.78, 5) is 73.1. The molecule has 0 heterocycles. The second-order valence-electron chi connectivity index (χ2n) is 31.2. The van der Waals surface area contributed by atoms with Gasteiger partial charge < -0.3 is 33.8 Å². The van der Waals surface area contributed by atoms with Crippen LogP contribution in [0.15, 0.2) is 24.3 Å². The van der Waals surface area contributed by atoms with E-state index in [1.807, 2.05) is 0 Å². The Labute approximate surface area is 643 Å². The van der Waals surface area contributed by atoms with Crippen molar-refractivity contribution in [3.63, 3.8) is 0 Å². The Kier molecular flexibility index (Phi) is 75.1. The first kappa shape index (κ1) is 103. The molecule has 0 amide bonds. The van der Waals surface area contributed by atoms with Gasteiger partial charge in [0, 0.05) is 25.7 Å². The van der Waals surface area contributed by atoms with Crippen molar-refractivity contribution in [1.29, 1.82) is 0 Å². The Bertz CT molecular complexity index is 2110. The third kappa shape index (κ3) is 79.4. The lowest BCUT2D eigenvalue weighted by Gasteiger charge is -2.21. The van der Waals surface area contributed by atoms with Crippen LogP contribution >= 0.6 is 15.6 Å². The molecule has 620 valence electrons. The van der Waals surface area contributed by atoms with E-state index in [1.165, 1.54) is 231 Å². The van der Waals surface area contributed by atoms with Crippen LogP contribution in [0.2, 0.25) is 0 Å². The molecule has 0 aromatic rings. The molecule has 0 rings (SSSR count). The highest BCUT2D eigenvalue weighted by Gasteiger charge is 2.30. The Morgan fingerprint density at radius 1 is 0.295 bits per heavy atom. The van der Waals surface area contributed by atoms with Gasteiger partial charge in [0.1, 0.15) is 19.3 Å². The van der Waals surface area contributed by atoms with Crippen LogP contribution in [-0.2, 0) is 65.4 Å². The second kappa shape index (κ2) is 76.9. The third-order valence-electron chi connectivity index (χ3n) is 19.6. The van der Waals surface area contributed by atoms with Crippen molar-refractivity contribution >= 4 is 39.5 Å². The molecule has 0 saturated carbocycles. The molecule has 0 spiro atoms. The zero-order valence-electron chi connectivity index (χ0n) is 68.5. The van der Waals surface area contributed by atoms with Gasteiger partial charge in [-0.3, -0.25) is 37.3 Å². The van der Waals surface area contributed by atoms with Crippen LogP contribution in [0.1, 0.15) is 433 Å². The van der Waals surface area contributed by atoms with Gasteiger partial charge in [0.25, 0.3) is 0 Å². The number of phosphoric ester groups is 2. The number of aliphatic hydroxyl groups excluding tert-OH is 1. The smallest absolute Gasteiger partial charge is 0.462 e. The van der Waals surface area contributed by atoms with E-state index in [0.29, 0.717) is 31.6 Å². The summed E-state index contributed by atoms with van der Waals surface area (Å²) in [6.07, 6.45) is 71.9. The number of unbranched alkanes of at least 4 members (excludes halogenated alkanes) is 50. The van der Waals surface area contributed by atoms with Crippen LogP contribution in [0.4, 0.5) is 0 Å². The van der Waals surface area contributed by atoms with Gasteiger partial charge in [-0.05, 0) is 63.2 Å². The quantitative estimate of drug-likeness (QED) is 0.0169. The Balaban J connectivity index is 5.23. The number of esters is 4. The maximum atomic E-state index is 13.1. The fraction of sp³-hybridized carbons (Fsp3) is 0.907. The van der Waals surface area contributed by atoms with Crippen molar-refractivity contribution in [3.8, 4) is 0 Å². The molecule has 0 aromatic heterocycles. The summed E-state index contributed by atoms with van der Waals surface area (Å²) in [6.45, 7) is 9.54. The van der Waals surface area contributed by atoms with Gasteiger partial charge in [-0.25, -0.2) is 9.13 Å². The standard InChI is InChI=1S/C86H164O17P2/c1-7-9-11-13-15-17-19-21-23-24-25-26-30-34-37-41-45-49-56-62-68-83(88)96-74-81(102-85(90)70-65-59-51-47-43-39-35-31-28-27-29-33-36-40-44-48-54-60-66-78(3)4)76-100-104(92,93)98-72-80(87)73-99-105(94,95)101-77-82(75-97-84(89)69-63-57-53-52-55-61-67-79(5)6)103-86(91)71-64-58-50-46-42-38-32-22-20-18-16-14-12-10-8-2/h18,20,22,32,78-82,87H,7-17,19,21,23-31,33-77H2,1-6H3,(H,92,93)(H,94,95)/b20-18-,32-22-/t80-,81-,82-/m1/s1. The van der Waals surface area contributed by atoms with Gasteiger partial charge in [-0.15, -0.1) is 0 Å². The average molecular weight is 1530 g/mol. The van der Waals surface area contributed by atoms with Crippen molar-refractivity contribution in [2.75, 3.05) is 39.6 Å². The summed E-state index contributed by atoms with van der Waals surface area (Å²) in [7, 11) is -9.94. The molecule has 0 radical (unpaired) electrons. The molecule has 0 bridgehead atoms. The number of carbonyl (C=O) groups is 4. The van der Waals surface area contributed by atoms with Crippen molar-refractivity contribution < 1.29 is 80.2 Å². The molecule has 19 heteroatoms. The molecule has 105 heavy (non-hydrogen) atoms. The number of ether oxygens (including phenoxy) is 4. The van der Waals surface area contributed by atoms with Gasteiger partial charge in [0.15, 0.2) is 12.2 Å². The summed E-state index contributed by atoms with van der Waals surface area (Å²) in [5.41, 5.74) is 0. The van der Waals surface area contributed by atoms with E-state index in [9.17, 15) is 43.2 Å². The lowest BCUT2D eigenvalue weighted by molar-refractivity contribution is -0.161. The third-order valence-corrected chi connectivity index (χ3v) is 21.5. The summed E-state index contributed by atoms with van der Waals surface area (Å²) in [6, 6.07) is 0. The molecule has 0 saturated heterocycles. The number of rotatable bonds is 83. The van der Waals surface area contributed by atoms with E-state index in [2.05, 4.69) is 65.8 Å². The minimum absolute atomic E-state index is 0.0842. The predicted octanol–water partition coefficient (Wildman–Crippen LogP) is 25.8. The lowest BCUT2D eigenvalue weighted by atomic mass is 10.0. The molecule has 0 aliphatic heterocycles. The zero-order valence-corrected chi connectivity index (χ0v) is 70.3. The fourth-order valence-electron chi connectivity index (χ4n) is 12.9. The van der Waals surface area contributed by atoms with Crippen LogP contribution in [0.5, 0.6) is 0 Å². The van der Waals surface area contributed by atoms with Gasteiger partial charge in [0.05, 0.1) is 26.4 Å². The largest absolute Gasteiger partial charge is 0.472 e. The first-order chi connectivity index (χ1) is 50.9. The van der Waals surface area contributed by atoms with E-state index < -0.39 is 97.5 Å². The van der Waals surface area contributed by atoms with E-state index in [-0.39, 0.29) is 25.7 Å². The highest BCUT2D eigenvalue weighted by molar-refractivity contribution is 7.47. The van der Waals surface area contributed by atoms with Gasteiger partial charge in [-0.2, -0.15) is 0 Å². The van der Waals surface area contributed by atoms with Gasteiger partial charge >= 0.3 is 39.5 Å². The number of hydrogen-bond donors (Lipinski definition) is 3. The van der Waals surface area contributed by atoms with Crippen molar-refractivity contribution in [3.05, 3.63) is 24.3 Å². The molecule has 5 atom stereocenters. The molecular formula is C86H164O17P2. The highest BCUT2D eigenvalue weighted by Crippen LogP contribution is 2.45. The molecule has 0 aromatic carbocycles. The van der Waals surface area contributed by atoms with Crippen LogP contribution in [-0.4, -0.2) is 96.7 Å². The maximum absolute atomic E-state index is 13.1. The van der Waals surface area contributed by atoms with Crippen molar-refractivity contribution in [2.24, 2.45) is 11.8 Å². The topological polar surface area (TPSA) is 237 Å². The Hall–Kier alpha value is -2.46. The number of hydrogen-bond acceptors (Lipinski definition) is 15. The predicted molar refractivity (Wildman–Crippen MR) is 432 cm³/mol. The number of carbonyl (C=O) groups excluding carboxylic acids is 4. The van der Waals surface area contributed by atoms with Crippen LogP contribution in [0.25, 0.3) is 0 Å². The number of phosphoric acid groups is 2. The maximum Gasteiger partial charge on any atom is 0.472 e. The Morgan fingerprint density at radius 3 is 0.781 bits per heavy atom. The van der Waals surface area contributed by atoms with Crippen molar-refractivity contribution in [2.45, 2.75) is 452 Å². The van der Waals surface area contributed by atoms with Crippen LogP contribution in [0, 0.1) is 11.8 Å². The van der Waals surface area contributed by atoms with Gasteiger partial charge in [-0.1, -0.05) is 380 Å². The summed E-state index contributed by atoms with van der Waals surface area (Å²) >= 11 is 0. The van der Waals surface area contributed by atoms with Crippen LogP contribution < -0.4 is 0 Å². The molecule has 0 fully saturated rings. The van der Waals surface area contributed by atoms with E-state index in [0.717, 1.165) is 115 Å². The van der Waals surface area contributed by atoms with E-state index in [4.69, 9.17) is 37.0 Å². The second-order valence-corrected chi connectivity index (χ2v) is 34.1. The first-order valence-corrected chi connectivity index (χ1v) is 46.8. The van der Waals surface area contributed by atoms with Gasteiger partial charge in [0.2, 0.25) is 0 Å². The molecule has 0 aliphatic carbocycles. The summed E-state index contributed by atoms with van der Waals surface area (Å²) in [5.74, 6) is -0.642. The summed E-state index contributed by atoms with van der Waals surface area (Å²) in [5, 5.41) is 10.7. The highest BCUT2D eigenvalue weighted by atomic mass is 31.2. The Morgan fingerprint density at radius 2 is 0.514 bits per heavy atom. The first-order valence-electron chi connectivity index (χ1n) is 43.8. The summed E-state index contributed by atoms with van der Waals surface area (Å²) < 4.78 is 68.8. The molecule has 17 nitrogen and oxygen atoms in total. The van der Waals surface area contributed by atoms with Crippen molar-refractivity contribution in [1.82, 2.24) is 0 Å².